The van der Waals surface area contributed by atoms with Crippen molar-refractivity contribution in [2.45, 2.75) is 25.7 Å². The smallest absolute Gasteiger partial charge is 0.354 e. The maximum Gasteiger partial charge on any atom is 0.354 e. The van der Waals surface area contributed by atoms with Gasteiger partial charge in [0.1, 0.15) is 5.82 Å². The maximum absolute atomic E-state index is 10.9. The number of hydrogen-bond donors (Lipinski definition) is 1. The summed E-state index contributed by atoms with van der Waals surface area (Å²) in [6.07, 6.45) is 3.31. The van der Waals surface area contributed by atoms with Crippen molar-refractivity contribution in [2.75, 3.05) is 13.2 Å². The lowest BCUT2D eigenvalue weighted by atomic mass is 9.99. The number of aromatic nitrogens is 2. The summed E-state index contributed by atoms with van der Waals surface area (Å²) in [5.41, 5.74) is 0.708. The van der Waals surface area contributed by atoms with Crippen LogP contribution in [0.5, 0.6) is 0 Å². The van der Waals surface area contributed by atoms with Gasteiger partial charge in [-0.05, 0) is 19.8 Å². The molecule has 0 atom stereocenters. The van der Waals surface area contributed by atoms with Gasteiger partial charge in [-0.3, -0.25) is 0 Å². The Bertz CT molecular complexity index is 400. The number of carboxylic acids is 1. The maximum atomic E-state index is 10.9. The average Bonchev–Trinajstić information content (AvgIpc) is 2.30. The highest BCUT2D eigenvalue weighted by atomic mass is 16.5. The summed E-state index contributed by atoms with van der Waals surface area (Å²) in [7, 11) is 0. The highest BCUT2D eigenvalue weighted by Crippen LogP contribution is 2.24. The molecule has 1 aliphatic heterocycles. The quantitative estimate of drug-likeness (QED) is 0.818. The number of aryl methyl sites for hydroxylation is 1. The first-order chi connectivity index (χ1) is 7.68. The van der Waals surface area contributed by atoms with Gasteiger partial charge in [-0.25, -0.2) is 14.8 Å². The van der Waals surface area contributed by atoms with Gasteiger partial charge in [-0.2, -0.15) is 0 Å². The van der Waals surface area contributed by atoms with E-state index in [-0.39, 0.29) is 11.6 Å². The minimum atomic E-state index is -0.992. The van der Waals surface area contributed by atoms with E-state index in [2.05, 4.69) is 9.97 Å². The van der Waals surface area contributed by atoms with Crippen LogP contribution in [0.3, 0.4) is 0 Å². The molecule has 1 fully saturated rings. The molecule has 0 saturated carbocycles. The third kappa shape index (κ3) is 2.19. The Labute approximate surface area is 93.5 Å². The van der Waals surface area contributed by atoms with Crippen molar-refractivity contribution in [2.24, 2.45) is 0 Å². The Morgan fingerprint density at radius 2 is 2.19 bits per heavy atom. The largest absolute Gasteiger partial charge is 0.477 e. The normalized spacial score (nSPS) is 17.3. The summed E-state index contributed by atoms with van der Waals surface area (Å²) < 4.78 is 5.25. The van der Waals surface area contributed by atoms with Gasteiger partial charge in [0, 0.05) is 30.9 Å². The molecule has 16 heavy (non-hydrogen) atoms. The molecule has 5 nitrogen and oxygen atoms in total. The summed E-state index contributed by atoms with van der Waals surface area (Å²) in [5.74, 6) is -0.132. The average molecular weight is 222 g/mol. The summed E-state index contributed by atoms with van der Waals surface area (Å²) in [5, 5.41) is 8.97. The third-order valence-electron chi connectivity index (χ3n) is 2.78. The van der Waals surface area contributed by atoms with Crippen LogP contribution in [0.25, 0.3) is 0 Å². The van der Waals surface area contributed by atoms with Gasteiger partial charge in [0.25, 0.3) is 0 Å². The fraction of sp³-hybridized carbons (Fsp3) is 0.545. The zero-order valence-electron chi connectivity index (χ0n) is 9.14. The number of ether oxygens (including phenoxy) is 1. The van der Waals surface area contributed by atoms with E-state index in [9.17, 15) is 4.79 Å². The van der Waals surface area contributed by atoms with E-state index in [4.69, 9.17) is 9.84 Å². The molecule has 0 aromatic carbocycles. The van der Waals surface area contributed by atoms with Gasteiger partial charge in [0.2, 0.25) is 0 Å². The standard InChI is InChI=1S/C11H14N2O3/c1-7-6-12-10(13-9(7)11(14)15)8-2-4-16-5-3-8/h6,8H,2-5H2,1H3,(H,14,15). The van der Waals surface area contributed by atoms with Gasteiger partial charge in [-0.1, -0.05) is 0 Å². The topological polar surface area (TPSA) is 72.3 Å². The molecule has 0 bridgehead atoms. The minimum absolute atomic E-state index is 0.108. The van der Waals surface area contributed by atoms with Gasteiger partial charge in [0.15, 0.2) is 5.69 Å². The number of aromatic carboxylic acids is 1. The first-order valence-corrected chi connectivity index (χ1v) is 5.33. The van der Waals surface area contributed by atoms with Crippen molar-refractivity contribution in [1.82, 2.24) is 9.97 Å². The molecular weight excluding hydrogens is 208 g/mol. The molecule has 1 aromatic heterocycles. The molecule has 2 heterocycles. The third-order valence-corrected chi connectivity index (χ3v) is 2.78. The van der Waals surface area contributed by atoms with Gasteiger partial charge >= 0.3 is 5.97 Å². The van der Waals surface area contributed by atoms with E-state index < -0.39 is 5.97 Å². The molecule has 1 N–H and O–H groups in total. The molecule has 1 aliphatic rings. The lowest BCUT2D eigenvalue weighted by molar-refractivity contribution is 0.0687. The van der Waals surface area contributed by atoms with Crippen LogP contribution < -0.4 is 0 Å². The van der Waals surface area contributed by atoms with E-state index in [1.807, 2.05) is 0 Å². The molecule has 0 aliphatic carbocycles. The van der Waals surface area contributed by atoms with Crippen molar-refractivity contribution in [3.05, 3.63) is 23.3 Å². The van der Waals surface area contributed by atoms with E-state index in [1.165, 1.54) is 0 Å². The van der Waals surface area contributed by atoms with E-state index in [0.29, 0.717) is 24.6 Å². The molecule has 1 aromatic rings. The van der Waals surface area contributed by atoms with Crippen molar-refractivity contribution < 1.29 is 14.6 Å². The van der Waals surface area contributed by atoms with Crippen LogP contribution in [0.4, 0.5) is 0 Å². The second-order valence-electron chi connectivity index (χ2n) is 3.95. The molecular formula is C11H14N2O3. The van der Waals surface area contributed by atoms with Crippen LogP contribution in [-0.4, -0.2) is 34.3 Å². The Hall–Kier alpha value is -1.49. The van der Waals surface area contributed by atoms with Gasteiger partial charge in [-0.15, -0.1) is 0 Å². The molecule has 5 heteroatoms. The highest BCUT2D eigenvalue weighted by molar-refractivity contribution is 5.86. The molecule has 0 radical (unpaired) electrons. The number of carbonyl (C=O) groups is 1. The van der Waals surface area contributed by atoms with E-state index in [0.717, 1.165) is 12.8 Å². The van der Waals surface area contributed by atoms with Crippen molar-refractivity contribution in [3.63, 3.8) is 0 Å². The molecule has 86 valence electrons. The summed E-state index contributed by atoms with van der Waals surface area (Å²) >= 11 is 0. The van der Waals surface area contributed by atoms with Crippen LogP contribution in [0.1, 0.15) is 40.6 Å². The number of carboxylic acid groups (broad SMARTS) is 1. The molecule has 1 saturated heterocycles. The van der Waals surface area contributed by atoms with Crippen LogP contribution >= 0.6 is 0 Å². The fourth-order valence-electron chi connectivity index (χ4n) is 1.82. The van der Waals surface area contributed by atoms with Crippen LogP contribution in [0.2, 0.25) is 0 Å². The molecule has 0 amide bonds. The van der Waals surface area contributed by atoms with Crippen molar-refractivity contribution in [3.8, 4) is 0 Å². The zero-order chi connectivity index (χ0) is 11.5. The van der Waals surface area contributed by atoms with E-state index in [1.54, 1.807) is 13.1 Å². The monoisotopic (exact) mass is 222 g/mol. The minimum Gasteiger partial charge on any atom is -0.477 e. The number of nitrogens with zero attached hydrogens (tertiary/aromatic N) is 2. The molecule has 2 rings (SSSR count). The predicted molar refractivity (Wildman–Crippen MR) is 56.5 cm³/mol. The van der Waals surface area contributed by atoms with Crippen LogP contribution in [0.15, 0.2) is 6.20 Å². The first-order valence-electron chi connectivity index (χ1n) is 5.33. The second kappa shape index (κ2) is 4.57. The van der Waals surface area contributed by atoms with Crippen molar-refractivity contribution in [1.29, 1.82) is 0 Å². The summed E-state index contributed by atoms with van der Waals surface area (Å²) in [6, 6.07) is 0. The molecule has 0 spiro atoms. The highest BCUT2D eigenvalue weighted by Gasteiger charge is 2.20. The summed E-state index contributed by atoms with van der Waals surface area (Å²) in [4.78, 5) is 19.3. The van der Waals surface area contributed by atoms with Gasteiger partial charge in [0.05, 0.1) is 0 Å². The Morgan fingerprint density at radius 1 is 1.50 bits per heavy atom. The lowest BCUT2D eigenvalue weighted by Gasteiger charge is -2.20. The van der Waals surface area contributed by atoms with Gasteiger partial charge < -0.3 is 9.84 Å². The number of hydrogen-bond acceptors (Lipinski definition) is 4. The summed E-state index contributed by atoms with van der Waals surface area (Å²) in [6.45, 7) is 3.10. The Balaban J connectivity index is 2.27. The Kier molecular flexibility index (Phi) is 3.14. The fourth-order valence-corrected chi connectivity index (χ4v) is 1.82. The Morgan fingerprint density at radius 3 is 2.81 bits per heavy atom. The van der Waals surface area contributed by atoms with E-state index >= 15 is 0 Å². The SMILES string of the molecule is Cc1cnc(C2CCOCC2)nc1C(=O)O. The zero-order valence-corrected chi connectivity index (χ0v) is 9.14. The predicted octanol–water partition coefficient (Wildman–Crippen LogP) is 1.38. The van der Waals surface area contributed by atoms with Crippen LogP contribution in [-0.2, 0) is 4.74 Å². The molecule has 0 unspecified atom stereocenters. The second-order valence-corrected chi connectivity index (χ2v) is 3.95. The van der Waals surface area contributed by atoms with Crippen LogP contribution in [0, 0.1) is 6.92 Å². The van der Waals surface area contributed by atoms with Crippen molar-refractivity contribution >= 4 is 5.97 Å². The lowest BCUT2D eigenvalue weighted by Crippen LogP contribution is -2.18. The first kappa shape index (κ1) is 11.0. The number of rotatable bonds is 2.